The van der Waals surface area contributed by atoms with Gasteiger partial charge in [-0.3, -0.25) is 4.79 Å². The fraction of sp³-hybridized carbons (Fsp3) is 0.333. The molecule has 2 heterocycles. The first-order valence-electron chi connectivity index (χ1n) is 8.27. The molecule has 0 N–H and O–H groups in total. The summed E-state index contributed by atoms with van der Waals surface area (Å²) in [5.74, 6) is -0.0995. The first-order valence-corrected chi connectivity index (χ1v) is 8.27. The van der Waals surface area contributed by atoms with E-state index in [-0.39, 0.29) is 5.91 Å². The molecular weight excluding hydrogens is 302 g/mol. The van der Waals surface area contributed by atoms with Crippen molar-refractivity contribution in [3.05, 3.63) is 42.2 Å². The third-order valence-electron chi connectivity index (χ3n) is 4.07. The van der Waals surface area contributed by atoms with Crippen LogP contribution in [0, 0.1) is 0 Å². The molecule has 6 nitrogen and oxygen atoms in total. The van der Waals surface area contributed by atoms with Gasteiger partial charge < -0.3 is 4.90 Å². The van der Waals surface area contributed by atoms with Gasteiger partial charge >= 0.3 is 0 Å². The Morgan fingerprint density at radius 1 is 1.08 bits per heavy atom. The first-order chi connectivity index (χ1) is 11.7. The molecule has 6 heteroatoms. The van der Waals surface area contributed by atoms with E-state index in [1.165, 1.54) is 0 Å². The van der Waals surface area contributed by atoms with Gasteiger partial charge in [-0.15, -0.1) is 0 Å². The van der Waals surface area contributed by atoms with Crippen LogP contribution in [0.5, 0.6) is 0 Å². The molecule has 1 aromatic carbocycles. The number of hydrogen-bond donors (Lipinski definition) is 0. The van der Waals surface area contributed by atoms with Crippen LogP contribution in [0.2, 0.25) is 0 Å². The average molecular weight is 323 g/mol. The summed E-state index contributed by atoms with van der Waals surface area (Å²) in [6.07, 6.45) is 1.67. The minimum atomic E-state index is -0.0995. The van der Waals surface area contributed by atoms with Gasteiger partial charge in [-0.2, -0.15) is 5.10 Å². The molecule has 0 saturated carbocycles. The Balaban J connectivity index is 2.24. The molecule has 1 amide bonds. The lowest BCUT2D eigenvalue weighted by atomic mass is 10.1. The van der Waals surface area contributed by atoms with E-state index in [1.807, 2.05) is 51.1 Å². The zero-order chi connectivity index (χ0) is 17.1. The van der Waals surface area contributed by atoms with Crippen LogP contribution in [0.25, 0.3) is 22.4 Å². The number of aromatic nitrogens is 4. The molecule has 0 unspecified atom stereocenters. The predicted octanol–water partition coefficient (Wildman–Crippen LogP) is 3.00. The fourth-order valence-corrected chi connectivity index (χ4v) is 2.73. The van der Waals surface area contributed by atoms with Gasteiger partial charge in [0.1, 0.15) is 11.2 Å². The van der Waals surface area contributed by atoms with Crippen LogP contribution in [0.15, 0.2) is 36.5 Å². The van der Waals surface area contributed by atoms with E-state index in [2.05, 4.69) is 10.1 Å². The molecule has 124 valence electrons. The summed E-state index contributed by atoms with van der Waals surface area (Å²) in [5, 5.41) is 4.30. The SMILES string of the molecule is CCN(CC)C(=O)c1nc2cnn(CC)c2nc1-c1ccccc1. The lowest BCUT2D eigenvalue weighted by Gasteiger charge is -2.19. The largest absolute Gasteiger partial charge is 0.338 e. The summed E-state index contributed by atoms with van der Waals surface area (Å²) in [5.41, 5.74) is 3.22. The third kappa shape index (κ3) is 2.75. The summed E-state index contributed by atoms with van der Waals surface area (Å²) >= 11 is 0. The summed E-state index contributed by atoms with van der Waals surface area (Å²) < 4.78 is 1.79. The van der Waals surface area contributed by atoms with E-state index in [9.17, 15) is 4.79 Å². The Kier molecular flexibility index (Phi) is 4.55. The first kappa shape index (κ1) is 16.1. The minimum Gasteiger partial charge on any atom is -0.338 e. The molecule has 0 saturated heterocycles. The van der Waals surface area contributed by atoms with E-state index in [4.69, 9.17) is 4.98 Å². The van der Waals surface area contributed by atoms with Crippen LogP contribution in [-0.2, 0) is 6.54 Å². The standard InChI is InChI=1S/C18H21N5O/c1-4-22(5-2)18(24)16-15(13-10-8-7-9-11-13)21-17-14(20-16)12-19-23(17)6-3/h7-12H,4-6H2,1-3H3. The summed E-state index contributed by atoms with van der Waals surface area (Å²) in [6.45, 7) is 7.91. The molecule has 0 spiro atoms. The molecule has 0 aliphatic rings. The average Bonchev–Trinajstić information content (AvgIpc) is 3.04. The van der Waals surface area contributed by atoms with Crippen molar-refractivity contribution in [2.24, 2.45) is 0 Å². The van der Waals surface area contributed by atoms with Crippen molar-refractivity contribution in [2.75, 3.05) is 13.1 Å². The Morgan fingerprint density at radius 3 is 2.42 bits per heavy atom. The Labute approximate surface area is 141 Å². The number of carbonyl (C=O) groups excluding carboxylic acids is 1. The van der Waals surface area contributed by atoms with Gasteiger partial charge in [0.05, 0.1) is 6.20 Å². The van der Waals surface area contributed by atoms with Gasteiger partial charge in [0.25, 0.3) is 5.91 Å². The molecule has 3 rings (SSSR count). The maximum absolute atomic E-state index is 12.9. The highest BCUT2D eigenvalue weighted by molar-refractivity contribution is 5.99. The van der Waals surface area contributed by atoms with E-state index < -0.39 is 0 Å². The lowest BCUT2D eigenvalue weighted by molar-refractivity contribution is 0.0768. The third-order valence-corrected chi connectivity index (χ3v) is 4.07. The quantitative estimate of drug-likeness (QED) is 0.724. The highest BCUT2D eigenvalue weighted by Gasteiger charge is 2.22. The smallest absolute Gasteiger partial charge is 0.274 e. The minimum absolute atomic E-state index is 0.0995. The molecule has 0 radical (unpaired) electrons. The lowest BCUT2D eigenvalue weighted by Crippen LogP contribution is -2.31. The highest BCUT2D eigenvalue weighted by Crippen LogP contribution is 2.24. The van der Waals surface area contributed by atoms with E-state index >= 15 is 0 Å². The van der Waals surface area contributed by atoms with Crippen molar-refractivity contribution >= 4 is 17.1 Å². The van der Waals surface area contributed by atoms with Gasteiger partial charge in [-0.1, -0.05) is 30.3 Å². The van der Waals surface area contributed by atoms with Crippen molar-refractivity contribution in [3.8, 4) is 11.3 Å². The van der Waals surface area contributed by atoms with Crippen molar-refractivity contribution in [1.82, 2.24) is 24.6 Å². The van der Waals surface area contributed by atoms with Gasteiger partial charge in [0, 0.05) is 25.2 Å². The Bertz CT molecular complexity index is 852. The van der Waals surface area contributed by atoms with Crippen molar-refractivity contribution in [3.63, 3.8) is 0 Å². The molecule has 3 aromatic rings. The van der Waals surface area contributed by atoms with Gasteiger partial charge in [0.15, 0.2) is 11.3 Å². The van der Waals surface area contributed by atoms with E-state index in [0.717, 1.165) is 5.56 Å². The number of benzene rings is 1. The molecule has 0 atom stereocenters. The molecule has 0 aliphatic heterocycles. The van der Waals surface area contributed by atoms with Crippen molar-refractivity contribution < 1.29 is 4.79 Å². The molecule has 24 heavy (non-hydrogen) atoms. The molecule has 0 bridgehead atoms. The van der Waals surface area contributed by atoms with Gasteiger partial charge in [-0.05, 0) is 20.8 Å². The van der Waals surface area contributed by atoms with E-state index in [1.54, 1.807) is 15.8 Å². The number of rotatable bonds is 5. The zero-order valence-electron chi connectivity index (χ0n) is 14.2. The zero-order valence-corrected chi connectivity index (χ0v) is 14.2. The number of nitrogens with zero attached hydrogens (tertiary/aromatic N) is 5. The fourth-order valence-electron chi connectivity index (χ4n) is 2.73. The van der Waals surface area contributed by atoms with Gasteiger partial charge in [-0.25, -0.2) is 14.6 Å². The van der Waals surface area contributed by atoms with Crippen molar-refractivity contribution in [2.45, 2.75) is 27.3 Å². The van der Waals surface area contributed by atoms with Gasteiger partial charge in [0.2, 0.25) is 0 Å². The van der Waals surface area contributed by atoms with Crippen molar-refractivity contribution in [1.29, 1.82) is 0 Å². The van der Waals surface area contributed by atoms with Crippen LogP contribution in [-0.4, -0.2) is 43.6 Å². The predicted molar refractivity (Wildman–Crippen MR) is 93.7 cm³/mol. The van der Waals surface area contributed by atoms with Crippen LogP contribution in [0.4, 0.5) is 0 Å². The number of hydrogen-bond acceptors (Lipinski definition) is 4. The summed E-state index contributed by atoms with van der Waals surface area (Å²) in [7, 11) is 0. The molecule has 2 aromatic heterocycles. The second-order valence-electron chi connectivity index (χ2n) is 5.43. The normalized spacial score (nSPS) is 11.0. The summed E-state index contributed by atoms with van der Waals surface area (Å²) in [6, 6.07) is 9.70. The Hall–Kier alpha value is -2.76. The molecular formula is C18H21N5O. The molecule has 0 aliphatic carbocycles. The highest BCUT2D eigenvalue weighted by atomic mass is 16.2. The second kappa shape index (κ2) is 6.78. The van der Waals surface area contributed by atoms with Crippen LogP contribution in [0.1, 0.15) is 31.3 Å². The van der Waals surface area contributed by atoms with E-state index in [0.29, 0.717) is 42.2 Å². The van der Waals surface area contributed by atoms with Crippen LogP contribution >= 0.6 is 0 Å². The van der Waals surface area contributed by atoms with Crippen LogP contribution < -0.4 is 0 Å². The Morgan fingerprint density at radius 2 is 1.79 bits per heavy atom. The molecule has 0 fully saturated rings. The number of fused-ring (bicyclic) bond motifs is 1. The number of aryl methyl sites for hydroxylation is 1. The monoisotopic (exact) mass is 323 g/mol. The number of carbonyl (C=O) groups is 1. The van der Waals surface area contributed by atoms with Crippen LogP contribution in [0.3, 0.4) is 0 Å². The topological polar surface area (TPSA) is 63.9 Å². The maximum Gasteiger partial charge on any atom is 0.274 e. The maximum atomic E-state index is 12.9. The second-order valence-corrected chi connectivity index (χ2v) is 5.43. The summed E-state index contributed by atoms with van der Waals surface area (Å²) in [4.78, 5) is 24.0. The number of amides is 1.